The molecule has 1 aromatic heterocycles. The SMILES string of the molecule is CCCC1=C(C(=O)OCC)[C@H](c2cc(Br)ccc2OC)n2c(s/c(=C/c3cc(Br)ccc3OCc3ccc(C)cc3)c2=O)=N1. The van der Waals surface area contributed by atoms with Gasteiger partial charge in [0.2, 0.25) is 0 Å². The predicted molar refractivity (Wildman–Crippen MR) is 180 cm³/mol. The number of carbonyl (C=O) groups excluding carboxylic acids is 1. The van der Waals surface area contributed by atoms with Gasteiger partial charge < -0.3 is 14.2 Å². The number of ether oxygens (including phenoxy) is 3. The zero-order valence-electron chi connectivity index (χ0n) is 24.9. The Bertz CT molecular complexity index is 1910. The molecule has 5 rings (SSSR count). The molecule has 0 fully saturated rings. The van der Waals surface area contributed by atoms with Gasteiger partial charge in [-0.3, -0.25) is 9.36 Å². The van der Waals surface area contributed by atoms with Crippen molar-refractivity contribution in [3.8, 4) is 11.5 Å². The van der Waals surface area contributed by atoms with Crippen LogP contribution < -0.4 is 24.4 Å². The molecule has 0 amide bonds. The number of hydrogen-bond acceptors (Lipinski definition) is 7. The van der Waals surface area contributed by atoms with Gasteiger partial charge >= 0.3 is 5.97 Å². The highest BCUT2D eigenvalue weighted by atomic mass is 79.9. The summed E-state index contributed by atoms with van der Waals surface area (Å²) in [5, 5.41) is 0. The fourth-order valence-electron chi connectivity index (χ4n) is 5.08. The van der Waals surface area contributed by atoms with E-state index < -0.39 is 12.0 Å². The minimum Gasteiger partial charge on any atom is -0.496 e. The van der Waals surface area contributed by atoms with Crippen molar-refractivity contribution >= 4 is 55.2 Å². The number of aryl methyl sites for hydroxylation is 1. The largest absolute Gasteiger partial charge is 0.496 e. The Hall–Kier alpha value is -3.47. The van der Waals surface area contributed by atoms with Gasteiger partial charge in [-0.15, -0.1) is 0 Å². The second-order valence-corrected chi connectivity index (χ2v) is 13.1. The molecule has 0 N–H and O–H groups in total. The third-order valence-electron chi connectivity index (χ3n) is 7.15. The van der Waals surface area contributed by atoms with Crippen LogP contribution >= 0.6 is 43.2 Å². The van der Waals surface area contributed by atoms with Crippen molar-refractivity contribution in [1.29, 1.82) is 0 Å². The molecule has 228 valence electrons. The number of rotatable bonds is 10. The highest BCUT2D eigenvalue weighted by molar-refractivity contribution is 9.10. The first-order valence-corrected chi connectivity index (χ1v) is 16.7. The van der Waals surface area contributed by atoms with E-state index in [-0.39, 0.29) is 12.2 Å². The van der Waals surface area contributed by atoms with Crippen molar-refractivity contribution in [3.63, 3.8) is 0 Å². The average molecular weight is 741 g/mol. The number of aromatic nitrogens is 1. The lowest BCUT2D eigenvalue weighted by Gasteiger charge is -2.27. The lowest BCUT2D eigenvalue weighted by molar-refractivity contribution is -0.139. The smallest absolute Gasteiger partial charge is 0.338 e. The fourth-order valence-corrected chi connectivity index (χ4v) is 6.85. The molecule has 0 bridgehead atoms. The summed E-state index contributed by atoms with van der Waals surface area (Å²) in [4.78, 5) is 33.2. The van der Waals surface area contributed by atoms with Crippen molar-refractivity contribution < 1.29 is 19.0 Å². The molecule has 3 aromatic carbocycles. The molecule has 1 aliphatic rings. The monoisotopic (exact) mass is 738 g/mol. The number of fused-ring (bicyclic) bond motifs is 1. The van der Waals surface area contributed by atoms with Gasteiger partial charge in [0.05, 0.1) is 29.5 Å². The Kier molecular flexibility index (Phi) is 10.2. The van der Waals surface area contributed by atoms with E-state index >= 15 is 0 Å². The number of methoxy groups -OCH3 is 1. The van der Waals surface area contributed by atoms with Gasteiger partial charge in [0.1, 0.15) is 24.1 Å². The number of esters is 1. The van der Waals surface area contributed by atoms with Crippen molar-refractivity contribution in [2.24, 2.45) is 4.99 Å². The molecule has 4 aromatic rings. The van der Waals surface area contributed by atoms with Crippen LogP contribution in [0.4, 0.5) is 0 Å². The van der Waals surface area contributed by atoms with Crippen LogP contribution in [-0.4, -0.2) is 24.3 Å². The second-order valence-electron chi connectivity index (χ2n) is 10.3. The van der Waals surface area contributed by atoms with Gasteiger partial charge in [0.25, 0.3) is 5.56 Å². The van der Waals surface area contributed by atoms with Crippen LogP contribution in [0.2, 0.25) is 0 Å². The fraction of sp³-hybridized carbons (Fsp3) is 0.265. The summed E-state index contributed by atoms with van der Waals surface area (Å²) in [6.45, 7) is 6.42. The number of hydrogen-bond donors (Lipinski definition) is 0. The predicted octanol–water partition coefficient (Wildman–Crippen LogP) is 7.00. The highest BCUT2D eigenvalue weighted by Gasteiger charge is 2.36. The number of nitrogens with zero attached hydrogens (tertiary/aromatic N) is 2. The van der Waals surface area contributed by atoms with Gasteiger partial charge in [-0.2, -0.15) is 0 Å². The number of carbonyl (C=O) groups is 1. The maximum Gasteiger partial charge on any atom is 0.338 e. The van der Waals surface area contributed by atoms with Gasteiger partial charge in [-0.1, -0.05) is 86.4 Å². The van der Waals surface area contributed by atoms with Crippen LogP contribution in [0.25, 0.3) is 6.08 Å². The first-order chi connectivity index (χ1) is 21.2. The van der Waals surface area contributed by atoms with E-state index in [1.54, 1.807) is 18.6 Å². The third kappa shape index (κ3) is 6.77. The minimum atomic E-state index is -0.791. The quantitative estimate of drug-likeness (QED) is 0.164. The van der Waals surface area contributed by atoms with E-state index in [0.717, 1.165) is 26.5 Å². The first kappa shape index (κ1) is 31.9. The number of halogens is 2. The minimum absolute atomic E-state index is 0.197. The van der Waals surface area contributed by atoms with Crippen LogP contribution in [-0.2, 0) is 16.1 Å². The summed E-state index contributed by atoms with van der Waals surface area (Å²) in [6, 6.07) is 18.7. The van der Waals surface area contributed by atoms with E-state index in [2.05, 4.69) is 44.0 Å². The molecule has 0 aliphatic carbocycles. The van der Waals surface area contributed by atoms with Crippen molar-refractivity contribution in [1.82, 2.24) is 4.57 Å². The summed E-state index contributed by atoms with van der Waals surface area (Å²) in [7, 11) is 1.57. The lowest BCUT2D eigenvalue weighted by Crippen LogP contribution is -2.40. The molecule has 2 heterocycles. The van der Waals surface area contributed by atoms with Crippen molar-refractivity contribution in [2.75, 3.05) is 13.7 Å². The summed E-state index contributed by atoms with van der Waals surface area (Å²) in [5.41, 5.74) is 4.30. The highest BCUT2D eigenvalue weighted by Crippen LogP contribution is 2.38. The average Bonchev–Trinajstić information content (AvgIpc) is 3.31. The molecule has 0 saturated carbocycles. The normalized spacial score (nSPS) is 14.7. The van der Waals surface area contributed by atoms with E-state index in [4.69, 9.17) is 19.2 Å². The van der Waals surface area contributed by atoms with Gasteiger partial charge in [0.15, 0.2) is 4.80 Å². The molecule has 44 heavy (non-hydrogen) atoms. The number of thiazole rings is 1. The Morgan fingerprint density at radius 2 is 1.73 bits per heavy atom. The van der Waals surface area contributed by atoms with Gasteiger partial charge in [0, 0.05) is 20.1 Å². The molecule has 10 heteroatoms. The topological polar surface area (TPSA) is 79.1 Å². The summed E-state index contributed by atoms with van der Waals surface area (Å²) in [5.74, 6) is 0.689. The standard InChI is InChI=1S/C34H32Br2N2O5S/c1-5-7-26-30(33(40)42-6-2)31(25-18-24(36)13-15-28(25)41-4)38-32(39)29(44-34(38)37-26)17-22-16-23(35)12-14-27(22)43-19-21-10-8-20(3)9-11-21/h8-18,31H,5-7,19H2,1-4H3/b29-17+/t31-/m0/s1. The maximum absolute atomic E-state index is 14.3. The Labute approximate surface area is 276 Å². The van der Waals surface area contributed by atoms with Crippen LogP contribution in [0.15, 0.2) is 90.7 Å². The number of allylic oxidation sites excluding steroid dienone is 1. The number of benzene rings is 3. The lowest BCUT2D eigenvalue weighted by atomic mass is 9.93. The summed E-state index contributed by atoms with van der Waals surface area (Å²) < 4.78 is 21.1. The Morgan fingerprint density at radius 3 is 2.41 bits per heavy atom. The van der Waals surface area contributed by atoms with Crippen LogP contribution in [0.3, 0.4) is 0 Å². The Balaban J connectivity index is 1.69. The Morgan fingerprint density at radius 1 is 1.02 bits per heavy atom. The van der Waals surface area contributed by atoms with Crippen LogP contribution in [0.5, 0.6) is 11.5 Å². The molecule has 0 radical (unpaired) electrons. The molecule has 1 atom stereocenters. The van der Waals surface area contributed by atoms with E-state index in [9.17, 15) is 9.59 Å². The zero-order valence-corrected chi connectivity index (χ0v) is 28.8. The van der Waals surface area contributed by atoms with Crippen molar-refractivity contribution in [2.45, 2.75) is 46.3 Å². The molecule has 0 saturated heterocycles. The van der Waals surface area contributed by atoms with Crippen LogP contribution in [0.1, 0.15) is 55.0 Å². The summed E-state index contributed by atoms with van der Waals surface area (Å²) >= 11 is 8.41. The van der Waals surface area contributed by atoms with Gasteiger partial charge in [-0.05, 0) is 68.3 Å². The first-order valence-electron chi connectivity index (χ1n) is 14.3. The molecule has 1 aliphatic heterocycles. The third-order valence-corrected chi connectivity index (χ3v) is 9.12. The van der Waals surface area contributed by atoms with Crippen molar-refractivity contribution in [3.05, 3.63) is 123 Å². The molecular formula is C34H32Br2N2O5S. The van der Waals surface area contributed by atoms with Crippen LogP contribution in [0, 0.1) is 6.92 Å². The molecule has 0 unspecified atom stereocenters. The maximum atomic E-state index is 14.3. The molecule has 0 spiro atoms. The van der Waals surface area contributed by atoms with E-state index in [0.29, 0.717) is 50.7 Å². The molecular weight excluding hydrogens is 708 g/mol. The summed E-state index contributed by atoms with van der Waals surface area (Å²) in [6.07, 6.45) is 3.13. The second kappa shape index (κ2) is 14.1. The molecule has 7 nitrogen and oxygen atoms in total. The zero-order chi connectivity index (χ0) is 31.4. The van der Waals surface area contributed by atoms with E-state index in [1.165, 1.54) is 16.9 Å². The van der Waals surface area contributed by atoms with Gasteiger partial charge in [-0.25, -0.2) is 9.79 Å². The van der Waals surface area contributed by atoms with E-state index in [1.807, 2.05) is 68.5 Å².